The zero-order valence-corrected chi connectivity index (χ0v) is 14.7. The van der Waals surface area contributed by atoms with Crippen LogP contribution in [0.3, 0.4) is 0 Å². The van der Waals surface area contributed by atoms with Crippen LogP contribution in [0.5, 0.6) is 5.75 Å². The van der Waals surface area contributed by atoms with Crippen molar-refractivity contribution >= 4 is 35.2 Å². The fraction of sp³-hybridized carbons (Fsp3) is 0.500. The number of carbonyl (C=O) groups is 2. The van der Waals surface area contributed by atoms with Crippen molar-refractivity contribution in [1.29, 1.82) is 0 Å². The van der Waals surface area contributed by atoms with Crippen molar-refractivity contribution in [3.8, 4) is 5.75 Å². The van der Waals surface area contributed by atoms with E-state index in [9.17, 15) is 9.59 Å². The molecule has 2 atom stereocenters. The molecule has 3 rings (SSSR count). The number of thioether (sulfide) groups is 1. The molecule has 0 N–H and O–H groups in total. The summed E-state index contributed by atoms with van der Waals surface area (Å²) in [5.41, 5.74) is 0.813. The van der Waals surface area contributed by atoms with Crippen LogP contribution in [0.4, 0.5) is 0 Å². The van der Waals surface area contributed by atoms with Crippen LogP contribution in [-0.4, -0.2) is 40.8 Å². The average Bonchev–Trinajstić information content (AvgIpc) is 2.70. The summed E-state index contributed by atoms with van der Waals surface area (Å²) in [6.07, 6.45) is 0. The van der Waals surface area contributed by atoms with Gasteiger partial charge < -0.3 is 14.4 Å². The molecule has 1 aromatic rings. The normalized spacial score (nSPS) is 25.2. The van der Waals surface area contributed by atoms with Gasteiger partial charge in [-0.1, -0.05) is 11.6 Å². The van der Waals surface area contributed by atoms with Crippen LogP contribution in [0.25, 0.3) is 0 Å². The Morgan fingerprint density at radius 2 is 2.26 bits per heavy atom. The van der Waals surface area contributed by atoms with Gasteiger partial charge in [0.15, 0.2) is 6.61 Å². The second kappa shape index (κ2) is 5.91. The Kier molecular flexibility index (Phi) is 4.23. The van der Waals surface area contributed by atoms with Crippen molar-refractivity contribution in [2.24, 2.45) is 0 Å². The van der Waals surface area contributed by atoms with E-state index in [4.69, 9.17) is 21.1 Å². The topological polar surface area (TPSA) is 55.8 Å². The third-order valence-corrected chi connectivity index (χ3v) is 5.76. The number of hydrogen-bond acceptors (Lipinski definition) is 5. The maximum Gasteiger partial charge on any atom is 0.330 e. The van der Waals surface area contributed by atoms with Gasteiger partial charge in [0.2, 0.25) is 0 Å². The zero-order valence-electron chi connectivity index (χ0n) is 13.2. The Hall–Kier alpha value is -1.40. The van der Waals surface area contributed by atoms with Crippen molar-refractivity contribution in [3.05, 3.63) is 28.8 Å². The molecule has 2 aliphatic heterocycles. The number of fused-ring (bicyclic) bond motifs is 3. The molecule has 23 heavy (non-hydrogen) atoms. The summed E-state index contributed by atoms with van der Waals surface area (Å²) in [6, 6.07) is 4.64. The lowest BCUT2D eigenvalue weighted by Gasteiger charge is -2.29. The van der Waals surface area contributed by atoms with Gasteiger partial charge in [-0.2, -0.15) is 0 Å². The maximum atomic E-state index is 12.6. The average molecular weight is 356 g/mol. The standard InChI is InChI=1S/C16H18ClNO4S/c1-4-21-15(20)13-16(2,3)23-14-10-7-9(17)5-6-11(10)22-8-12(19)18(13)14/h5-7,13-14H,4,8H2,1-3H3/t13-,14+/m0/s1. The molecule has 0 saturated carbocycles. The molecule has 7 heteroatoms. The molecule has 2 heterocycles. The molecule has 0 spiro atoms. The number of esters is 1. The fourth-order valence-electron chi connectivity index (χ4n) is 3.04. The van der Waals surface area contributed by atoms with E-state index in [-0.39, 0.29) is 30.5 Å². The summed E-state index contributed by atoms with van der Waals surface area (Å²) in [5.74, 6) is 0.0211. The fourth-order valence-corrected chi connectivity index (χ4v) is 4.80. The lowest BCUT2D eigenvalue weighted by molar-refractivity contribution is -0.156. The number of carbonyl (C=O) groups excluding carboxylic acids is 2. The van der Waals surface area contributed by atoms with Gasteiger partial charge in [-0.05, 0) is 39.0 Å². The molecule has 0 bridgehead atoms. The van der Waals surface area contributed by atoms with E-state index in [2.05, 4.69) is 0 Å². The van der Waals surface area contributed by atoms with Crippen molar-refractivity contribution in [2.75, 3.05) is 13.2 Å². The van der Waals surface area contributed by atoms with Crippen LogP contribution in [-0.2, 0) is 14.3 Å². The Morgan fingerprint density at radius 1 is 1.52 bits per heavy atom. The number of hydrogen-bond donors (Lipinski definition) is 0. The summed E-state index contributed by atoms with van der Waals surface area (Å²) in [4.78, 5) is 26.6. The summed E-state index contributed by atoms with van der Waals surface area (Å²) in [5, 5.41) is 0.253. The first-order valence-electron chi connectivity index (χ1n) is 7.43. The Labute approximate surface area is 144 Å². The molecule has 1 saturated heterocycles. The molecule has 0 aliphatic carbocycles. The summed E-state index contributed by atoms with van der Waals surface area (Å²) >= 11 is 7.66. The zero-order chi connectivity index (χ0) is 16.8. The predicted octanol–water partition coefficient (Wildman–Crippen LogP) is 3.02. The second-order valence-corrected chi connectivity index (χ2v) is 8.17. The third kappa shape index (κ3) is 2.78. The van der Waals surface area contributed by atoms with E-state index in [1.807, 2.05) is 13.8 Å². The maximum absolute atomic E-state index is 12.6. The smallest absolute Gasteiger partial charge is 0.330 e. The molecule has 1 fully saturated rings. The van der Waals surface area contributed by atoms with Gasteiger partial charge in [0.05, 0.1) is 6.61 Å². The Bertz CT molecular complexity index is 663. The van der Waals surface area contributed by atoms with Crippen LogP contribution in [0.15, 0.2) is 18.2 Å². The largest absolute Gasteiger partial charge is 0.483 e. The SMILES string of the molecule is CCOC(=O)[C@@H]1N2C(=O)COc3ccc(Cl)cc3[C@H]2SC1(C)C. The van der Waals surface area contributed by atoms with Crippen LogP contribution in [0.2, 0.25) is 5.02 Å². The first kappa shape index (κ1) is 16.5. The molecular weight excluding hydrogens is 338 g/mol. The van der Waals surface area contributed by atoms with E-state index < -0.39 is 10.8 Å². The highest BCUT2D eigenvalue weighted by molar-refractivity contribution is 8.01. The van der Waals surface area contributed by atoms with Crippen LogP contribution >= 0.6 is 23.4 Å². The first-order chi connectivity index (χ1) is 10.8. The minimum Gasteiger partial charge on any atom is -0.483 e. The van der Waals surface area contributed by atoms with Gasteiger partial charge in [0, 0.05) is 15.3 Å². The van der Waals surface area contributed by atoms with Gasteiger partial charge in [0.1, 0.15) is 17.2 Å². The van der Waals surface area contributed by atoms with E-state index in [1.165, 1.54) is 0 Å². The highest BCUT2D eigenvalue weighted by Gasteiger charge is 2.55. The van der Waals surface area contributed by atoms with Crippen molar-refractivity contribution in [3.63, 3.8) is 0 Å². The second-order valence-electron chi connectivity index (χ2n) is 6.00. The van der Waals surface area contributed by atoms with Gasteiger partial charge in [-0.15, -0.1) is 11.8 Å². The minimum atomic E-state index is -0.654. The quantitative estimate of drug-likeness (QED) is 0.763. The van der Waals surface area contributed by atoms with Crippen molar-refractivity contribution in [2.45, 2.75) is 36.9 Å². The first-order valence-corrected chi connectivity index (χ1v) is 8.68. The number of halogens is 1. The molecule has 2 aliphatic rings. The Morgan fingerprint density at radius 3 is 2.96 bits per heavy atom. The van der Waals surface area contributed by atoms with E-state index in [0.717, 1.165) is 5.56 Å². The summed E-state index contributed by atoms with van der Waals surface area (Å²) < 4.78 is 10.3. The lowest BCUT2D eigenvalue weighted by atomic mass is 10.0. The number of nitrogens with zero attached hydrogens (tertiary/aromatic N) is 1. The Balaban J connectivity index is 2.08. The lowest BCUT2D eigenvalue weighted by Crippen LogP contribution is -2.50. The minimum absolute atomic E-state index is 0.0995. The molecule has 0 unspecified atom stereocenters. The number of ether oxygens (including phenoxy) is 2. The molecule has 124 valence electrons. The van der Waals surface area contributed by atoms with Crippen molar-refractivity contribution in [1.82, 2.24) is 4.90 Å². The summed E-state index contributed by atoms with van der Waals surface area (Å²) in [7, 11) is 0. The predicted molar refractivity (Wildman–Crippen MR) is 88.6 cm³/mol. The molecule has 1 amide bonds. The van der Waals surface area contributed by atoms with Gasteiger partial charge in [-0.3, -0.25) is 4.79 Å². The van der Waals surface area contributed by atoms with E-state index in [0.29, 0.717) is 10.8 Å². The van der Waals surface area contributed by atoms with E-state index >= 15 is 0 Å². The highest BCUT2D eigenvalue weighted by atomic mass is 35.5. The third-order valence-electron chi connectivity index (χ3n) is 3.99. The van der Waals surface area contributed by atoms with Crippen molar-refractivity contribution < 1.29 is 19.1 Å². The van der Waals surface area contributed by atoms with Gasteiger partial charge in [-0.25, -0.2) is 4.79 Å². The van der Waals surface area contributed by atoms with Crippen LogP contribution < -0.4 is 4.74 Å². The summed E-state index contributed by atoms with van der Waals surface area (Å²) in [6.45, 7) is 5.84. The van der Waals surface area contributed by atoms with E-state index in [1.54, 1.807) is 41.8 Å². The van der Waals surface area contributed by atoms with Gasteiger partial charge in [0.25, 0.3) is 5.91 Å². The monoisotopic (exact) mass is 355 g/mol. The molecular formula is C16H18ClNO4S. The van der Waals surface area contributed by atoms with Crippen LogP contribution in [0, 0.1) is 0 Å². The molecule has 0 aromatic heterocycles. The highest BCUT2D eigenvalue weighted by Crippen LogP contribution is 2.55. The molecule has 1 aromatic carbocycles. The number of amides is 1. The number of benzene rings is 1. The van der Waals surface area contributed by atoms with Crippen LogP contribution in [0.1, 0.15) is 31.7 Å². The van der Waals surface area contributed by atoms with Gasteiger partial charge >= 0.3 is 5.97 Å². The molecule has 0 radical (unpaired) electrons. The molecule has 5 nitrogen and oxygen atoms in total. The number of rotatable bonds is 2.